The lowest BCUT2D eigenvalue weighted by Gasteiger charge is -2.54. The average Bonchev–Trinajstić information content (AvgIpc) is 3.19. The first-order valence-electron chi connectivity index (χ1n) is 9.50. The van der Waals surface area contributed by atoms with Crippen LogP contribution in [-0.4, -0.2) is 20.8 Å². The van der Waals surface area contributed by atoms with Crippen molar-refractivity contribution in [2.75, 3.05) is 0 Å². The summed E-state index contributed by atoms with van der Waals surface area (Å²) in [4.78, 5) is 4.26. The van der Waals surface area contributed by atoms with Gasteiger partial charge in [0.2, 0.25) is 0 Å². The molecule has 1 aromatic carbocycles. The third kappa shape index (κ3) is 2.16. The van der Waals surface area contributed by atoms with Gasteiger partial charge in [-0.3, -0.25) is 0 Å². The van der Waals surface area contributed by atoms with Crippen LogP contribution >= 0.6 is 0 Å². The SMILES string of the molecule is CC12CCC([C@H](O)C[C@@H]3c4c(F)cccc4-c4cncn43)(CC1)CC2. The molecule has 3 aliphatic carbocycles. The van der Waals surface area contributed by atoms with Crippen LogP contribution in [0.5, 0.6) is 0 Å². The molecule has 2 atom stereocenters. The lowest BCUT2D eigenvalue weighted by molar-refractivity contribution is -0.0878. The second-order valence-electron chi connectivity index (χ2n) is 8.83. The largest absolute Gasteiger partial charge is 0.392 e. The summed E-state index contributed by atoms with van der Waals surface area (Å²) < 4.78 is 16.6. The van der Waals surface area contributed by atoms with Crippen molar-refractivity contribution in [1.82, 2.24) is 9.55 Å². The van der Waals surface area contributed by atoms with E-state index in [1.807, 2.05) is 10.6 Å². The maximum absolute atomic E-state index is 14.6. The fraction of sp³-hybridized carbons (Fsp3) is 0.571. The fourth-order valence-electron chi connectivity index (χ4n) is 5.59. The summed E-state index contributed by atoms with van der Waals surface area (Å²) in [5.74, 6) is -0.171. The smallest absolute Gasteiger partial charge is 0.129 e. The molecule has 1 aliphatic heterocycles. The summed E-state index contributed by atoms with van der Waals surface area (Å²) in [6, 6.07) is 5.10. The molecule has 2 aromatic rings. The Hall–Kier alpha value is -1.68. The molecule has 1 aromatic heterocycles. The van der Waals surface area contributed by atoms with Crippen molar-refractivity contribution < 1.29 is 9.50 Å². The molecule has 0 amide bonds. The van der Waals surface area contributed by atoms with Gasteiger partial charge in [-0.05, 0) is 61.8 Å². The van der Waals surface area contributed by atoms with Gasteiger partial charge in [0.1, 0.15) is 5.82 Å². The number of halogens is 1. The highest BCUT2D eigenvalue weighted by Gasteiger charge is 2.50. The van der Waals surface area contributed by atoms with Crippen molar-refractivity contribution in [2.45, 2.75) is 64.0 Å². The number of imidazole rings is 1. The molecule has 4 aliphatic rings. The Kier molecular flexibility index (Phi) is 3.22. The van der Waals surface area contributed by atoms with Crippen LogP contribution in [0.2, 0.25) is 0 Å². The van der Waals surface area contributed by atoms with Crippen LogP contribution < -0.4 is 0 Å². The van der Waals surface area contributed by atoms with Crippen molar-refractivity contribution in [3.05, 3.63) is 42.1 Å². The second-order valence-corrected chi connectivity index (χ2v) is 8.83. The summed E-state index contributed by atoms with van der Waals surface area (Å²) in [6.07, 6.45) is 10.8. The first-order chi connectivity index (χ1) is 12.0. The minimum atomic E-state index is -0.386. The number of rotatable bonds is 3. The van der Waals surface area contributed by atoms with E-state index < -0.39 is 0 Å². The van der Waals surface area contributed by atoms with Crippen LogP contribution in [0.25, 0.3) is 11.3 Å². The van der Waals surface area contributed by atoms with Crippen molar-refractivity contribution >= 4 is 0 Å². The Bertz CT molecular complexity index is 803. The van der Waals surface area contributed by atoms with Gasteiger partial charge in [-0.25, -0.2) is 9.37 Å². The molecule has 2 heterocycles. The van der Waals surface area contributed by atoms with Crippen molar-refractivity contribution in [3.8, 4) is 11.3 Å². The molecule has 3 nitrogen and oxygen atoms in total. The van der Waals surface area contributed by atoms with Crippen LogP contribution in [-0.2, 0) is 0 Å². The Morgan fingerprint density at radius 2 is 1.96 bits per heavy atom. The van der Waals surface area contributed by atoms with Gasteiger partial charge in [0.25, 0.3) is 0 Å². The summed E-state index contributed by atoms with van der Waals surface area (Å²) in [5, 5.41) is 11.2. The minimum Gasteiger partial charge on any atom is -0.392 e. The second kappa shape index (κ2) is 5.16. The molecular weight excluding hydrogens is 315 g/mol. The summed E-state index contributed by atoms with van der Waals surface area (Å²) in [6.45, 7) is 2.39. The van der Waals surface area contributed by atoms with E-state index in [-0.39, 0.29) is 23.4 Å². The Morgan fingerprint density at radius 1 is 1.24 bits per heavy atom. The van der Waals surface area contributed by atoms with Gasteiger partial charge in [-0.1, -0.05) is 19.1 Å². The van der Waals surface area contributed by atoms with Crippen LogP contribution in [0, 0.1) is 16.6 Å². The first kappa shape index (κ1) is 15.6. The monoisotopic (exact) mass is 340 g/mol. The zero-order chi connectivity index (χ0) is 17.2. The maximum atomic E-state index is 14.6. The van der Waals surface area contributed by atoms with E-state index in [9.17, 15) is 9.50 Å². The van der Waals surface area contributed by atoms with Crippen molar-refractivity contribution in [2.24, 2.45) is 10.8 Å². The highest BCUT2D eigenvalue weighted by atomic mass is 19.1. The molecule has 3 fully saturated rings. The third-order valence-electron chi connectivity index (χ3n) is 7.50. The zero-order valence-electron chi connectivity index (χ0n) is 14.7. The Balaban J connectivity index is 1.47. The van der Waals surface area contributed by atoms with E-state index in [0.717, 1.165) is 36.1 Å². The summed E-state index contributed by atoms with van der Waals surface area (Å²) in [5.41, 5.74) is 3.14. The molecule has 2 bridgehead atoms. The number of nitrogens with zero attached hydrogens (tertiary/aromatic N) is 2. The van der Waals surface area contributed by atoms with Gasteiger partial charge in [-0.15, -0.1) is 0 Å². The van der Waals surface area contributed by atoms with Crippen molar-refractivity contribution in [1.29, 1.82) is 0 Å². The molecule has 0 unspecified atom stereocenters. The van der Waals surface area contributed by atoms with E-state index in [2.05, 4.69) is 11.9 Å². The van der Waals surface area contributed by atoms with Gasteiger partial charge < -0.3 is 9.67 Å². The fourth-order valence-corrected chi connectivity index (χ4v) is 5.59. The maximum Gasteiger partial charge on any atom is 0.129 e. The molecule has 0 radical (unpaired) electrons. The van der Waals surface area contributed by atoms with E-state index in [1.165, 1.54) is 25.3 Å². The number of hydrogen-bond acceptors (Lipinski definition) is 2. The molecule has 25 heavy (non-hydrogen) atoms. The van der Waals surface area contributed by atoms with Crippen LogP contribution in [0.15, 0.2) is 30.7 Å². The molecular formula is C21H25FN2O. The van der Waals surface area contributed by atoms with Gasteiger partial charge >= 0.3 is 0 Å². The minimum absolute atomic E-state index is 0.0342. The highest BCUT2D eigenvalue weighted by Crippen LogP contribution is 2.59. The van der Waals surface area contributed by atoms with Gasteiger partial charge in [0.15, 0.2) is 0 Å². The number of aliphatic hydroxyl groups excluding tert-OH is 1. The van der Waals surface area contributed by atoms with Crippen LogP contribution in [0.3, 0.4) is 0 Å². The van der Waals surface area contributed by atoms with Gasteiger partial charge in [0, 0.05) is 11.1 Å². The Labute approximate surface area is 147 Å². The molecule has 132 valence electrons. The van der Waals surface area contributed by atoms with Crippen LogP contribution in [0.1, 0.15) is 63.5 Å². The van der Waals surface area contributed by atoms with E-state index in [1.54, 1.807) is 18.6 Å². The van der Waals surface area contributed by atoms with E-state index in [4.69, 9.17) is 0 Å². The number of benzene rings is 1. The van der Waals surface area contributed by atoms with Gasteiger partial charge in [0.05, 0.1) is 30.4 Å². The molecule has 3 saturated carbocycles. The molecule has 4 heteroatoms. The molecule has 1 N–H and O–H groups in total. The lowest BCUT2D eigenvalue weighted by Crippen LogP contribution is -2.47. The number of aliphatic hydroxyl groups is 1. The first-order valence-corrected chi connectivity index (χ1v) is 9.50. The highest BCUT2D eigenvalue weighted by molar-refractivity contribution is 5.69. The topological polar surface area (TPSA) is 38.1 Å². The lowest BCUT2D eigenvalue weighted by atomic mass is 9.52. The third-order valence-corrected chi connectivity index (χ3v) is 7.50. The molecule has 0 saturated heterocycles. The molecule has 6 rings (SSSR count). The van der Waals surface area contributed by atoms with E-state index in [0.29, 0.717) is 11.8 Å². The number of aromatic nitrogens is 2. The normalized spacial score (nSPS) is 34.0. The summed E-state index contributed by atoms with van der Waals surface area (Å²) >= 11 is 0. The average molecular weight is 340 g/mol. The van der Waals surface area contributed by atoms with Gasteiger partial charge in [-0.2, -0.15) is 0 Å². The van der Waals surface area contributed by atoms with E-state index >= 15 is 0 Å². The quantitative estimate of drug-likeness (QED) is 0.879. The number of hydrogen-bond donors (Lipinski definition) is 1. The summed E-state index contributed by atoms with van der Waals surface area (Å²) in [7, 11) is 0. The zero-order valence-corrected chi connectivity index (χ0v) is 14.7. The Morgan fingerprint density at radius 3 is 2.68 bits per heavy atom. The molecule has 0 spiro atoms. The van der Waals surface area contributed by atoms with Crippen molar-refractivity contribution in [3.63, 3.8) is 0 Å². The number of fused-ring (bicyclic) bond motifs is 6. The van der Waals surface area contributed by atoms with Crippen LogP contribution in [0.4, 0.5) is 4.39 Å². The standard InChI is InChI=1S/C21H25FN2O/c1-20-5-8-21(9-6-20,10-7-20)18(25)11-16-19-14(3-2-4-15(19)22)17-12-23-13-24(16)17/h2-4,12-13,16,18,25H,5-11H2,1H3/t16-,18-,20?,21?/m1/s1. The predicted molar refractivity (Wildman–Crippen MR) is 94.6 cm³/mol. The predicted octanol–water partition coefficient (Wildman–Crippen LogP) is 4.70.